The van der Waals surface area contributed by atoms with E-state index in [0.29, 0.717) is 18.7 Å². The lowest BCUT2D eigenvalue weighted by atomic mass is 10.1. The van der Waals surface area contributed by atoms with Crippen molar-refractivity contribution in [3.05, 3.63) is 59.7 Å². The average molecular weight is 329 g/mol. The molecule has 0 aromatic heterocycles. The zero-order valence-electron chi connectivity index (χ0n) is 13.3. The topological polar surface area (TPSA) is 84.9 Å². The summed E-state index contributed by atoms with van der Waals surface area (Å²) in [5.74, 6) is -0.887. The van der Waals surface area contributed by atoms with Crippen LogP contribution in [0.1, 0.15) is 15.9 Å². The van der Waals surface area contributed by atoms with Gasteiger partial charge in [-0.1, -0.05) is 30.3 Å². The van der Waals surface area contributed by atoms with Crippen LogP contribution in [0.4, 0.5) is 0 Å². The van der Waals surface area contributed by atoms with E-state index in [1.807, 2.05) is 30.3 Å². The molecule has 0 aliphatic heterocycles. The number of carboxylic acid groups (broad SMARTS) is 1. The highest BCUT2D eigenvalue weighted by Gasteiger charge is 2.13. The maximum atomic E-state index is 11.8. The van der Waals surface area contributed by atoms with Crippen molar-refractivity contribution in [2.24, 2.45) is 0 Å². The molecule has 6 nitrogen and oxygen atoms in total. The second-order valence-corrected chi connectivity index (χ2v) is 5.04. The molecule has 0 aliphatic carbocycles. The molecule has 0 heterocycles. The van der Waals surface area contributed by atoms with Crippen LogP contribution in [0.3, 0.4) is 0 Å². The summed E-state index contributed by atoms with van der Waals surface area (Å²) in [4.78, 5) is 23.0. The van der Waals surface area contributed by atoms with Crippen LogP contribution in [-0.4, -0.2) is 37.2 Å². The first kappa shape index (κ1) is 17.3. The maximum Gasteiger partial charge on any atom is 0.339 e. The van der Waals surface area contributed by atoms with E-state index in [0.717, 1.165) is 5.56 Å². The molecule has 2 aromatic rings. The Hall–Kier alpha value is -3.02. The van der Waals surface area contributed by atoms with Crippen molar-refractivity contribution >= 4 is 11.9 Å². The standard InChI is InChI=1S/C18H19NO5/c1-23-14-7-8-15(18(21)22)16(11-14)24-12-17(20)19-10-9-13-5-3-2-4-6-13/h2-8,11H,9-10,12H2,1H3,(H,19,20)(H,21,22). The number of carbonyl (C=O) groups excluding carboxylic acids is 1. The minimum atomic E-state index is -1.13. The molecule has 0 saturated carbocycles. The van der Waals surface area contributed by atoms with Gasteiger partial charge in [-0.2, -0.15) is 0 Å². The lowest BCUT2D eigenvalue weighted by molar-refractivity contribution is -0.123. The number of carbonyl (C=O) groups is 2. The van der Waals surface area contributed by atoms with E-state index in [4.69, 9.17) is 14.6 Å². The van der Waals surface area contributed by atoms with Crippen LogP contribution in [-0.2, 0) is 11.2 Å². The predicted octanol–water partition coefficient (Wildman–Crippen LogP) is 2.13. The number of benzene rings is 2. The van der Waals surface area contributed by atoms with Crippen LogP contribution < -0.4 is 14.8 Å². The van der Waals surface area contributed by atoms with Crippen molar-refractivity contribution in [3.63, 3.8) is 0 Å². The summed E-state index contributed by atoms with van der Waals surface area (Å²) in [7, 11) is 1.47. The number of hydrogen-bond donors (Lipinski definition) is 2. The molecule has 2 N–H and O–H groups in total. The quantitative estimate of drug-likeness (QED) is 0.775. The van der Waals surface area contributed by atoms with Gasteiger partial charge >= 0.3 is 5.97 Å². The third-order valence-corrected chi connectivity index (χ3v) is 3.36. The summed E-state index contributed by atoms with van der Waals surface area (Å²) in [6.07, 6.45) is 0.714. The van der Waals surface area contributed by atoms with Crippen molar-refractivity contribution < 1.29 is 24.2 Å². The van der Waals surface area contributed by atoms with E-state index in [1.165, 1.54) is 25.3 Å². The molecule has 0 radical (unpaired) electrons. The van der Waals surface area contributed by atoms with Gasteiger partial charge < -0.3 is 19.9 Å². The van der Waals surface area contributed by atoms with Gasteiger partial charge in [0.1, 0.15) is 17.1 Å². The summed E-state index contributed by atoms with van der Waals surface area (Å²) in [6.45, 7) is 0.221. The molecule has 0 atom stereocenters. The fraction of sp³-hybridized carbons (Fsp3) is 0.222. The summed E-state index contributed by atoms with van der Waals surface area (Å²) >= 11 is 0. The van der Waals surface area contributed by atoms with Crippen LogP contribution in [0.5, 0.6) is 11.5 Å². The van der Waals surface area contributed by atoms with Crippen LogP contribution in [0.2, 0.25) is 0 Å². The van der Waals surface area contributed by atoms with Gasteiger partial charge in [0.05, 0.1) is 7.11 Å². The number of amides is 1. The first-order chi connectivity index (χ1) is 11.6. The number of methoxy groups -OCH3 is 1. The second-order valence-electron chi connectivity index (χ2n) is 5.04. The Morgan fingerprint density at radius 2 is 1.88 bits per heavy atom. The Bertz CT molecular complexity index is 700. The predicted molar refractivity (Wildman–Crippen MR) is 88.6 cm³/mol. The monoisotopic (exact) mass is 329 g/mol. The lowest BCUT2D eigenvalue weighted by Gasteiger charge is -2.11. The minimum Gasteiger partial charge on any atom is -0.497 e. The van der Waals surface area contributed by atoms with Crippen molar-refractivity contribution in [3.8, 4) is 11.5 Å². The van der Waals surface area contributed by atoms with Gasteiger partial charge in [-0.15, -0.1) is 0 Å². The molecule has 2 aromatic carbocycles. The van der Waals surface area contributed by atoms with Gasteiger partial charge in [-0.25, -0.2) is 4.79 Å². The lowest BCUT2D eigenvalue weighted by Crippen LogP contribution is -2.30. The molecule has 0 spiro atoms. The first-order valence-electron chi connectivity index (χ1n) is 7.45. The van der Waals surface area contributed by atoms with Crippen LogP contribution in [0, 0.1) is 0 Å². The SMILES string of the molecule is COc1ccc(C(=O)O)c(OCC(=O)NCCc2ccccc2)c1. The molecule has 0 aliphatic rings. The normalized spacial score (nSPS) is 10.0. The molecule has 1 amide bonds. The van der Waals surface area contributed by atoms with E-state index in [2.05, 4.69) is 5.32 Å². The summed E-state index contributed by atoms with van der Waals surface area (Å²) in [5.41, 5.74) is 1.10. The van der Waals surface area contributed by atoms with Crippen molar-refractivity contribution in [2.45, 2.75) is 6.42 Å². The molecule has 0 fully saturated rings. The van der Waals surface area contributed by atoms with E-state index >= 15 is 0 Å². The summed E-state index contributed by atoms with van der Waals surface area (Å²) < 4.78 is 10.4. The highest BCUT2D eigenvalue weighted by Crippen LogP contribution is 2.24. The fourth-order valence-corrected chi connectivity index (χ4v) is 2.11. The third-order valence-electron chi connectivity index (χ3n) is 3.36. The largest absolute Gasteiger partial charge is 0.497 e. The molecule has 2 rings (SSSR count). The number of aromatic carboxylic acids is 1. The average Bonchev–Trinajstić information content (AvgIpc) is 2.60. The van der Waals surface area contributed by atoms with Crippen LogP contribution in [0.15, 0.2) is 48.5 Å². The number of nitrogens with one attached hydrogen (secondary N) is 1. The van der Waals surface area contributed by atoms with Gasteiger partial charge in [-0.05, 0) is 24.1 Å². The molecule has 6 heteroatoms. The molecular weight excluding hydrogens is 310 g/mol. The zero-order valence-corrected chi connectivity index (χ0v) is 13.3. The third kappa shape index (κ3) is 5.01. The molecule has 0 bridgehead atoms. The van der Waals surface area contributed by atoms with Crippen molar-refractivity contribution in [1.82, 2.24) is 5.32 Å². The molecule has 0 unspecified atom stereocenters. The Labute approximate surface area is 140 Å². The van der Waals surface area contributed by atoms with E-state index in [-0.39, 0.29) is 23.8 Å². The van der Waals surface area contributed by atoms with Crippen molar-refractivity contribution in [1.29, 1.82) is 0 Å². The summed E-state index contributed by atoms with van der Waals surface area (Å²) in [6, 6.07) is 14.1. The molecular formula is C18H19NO5. The van der Waals surface area contributed by atoms with E-state index in [9.17, 15) is 9.59 Å². The number of carboxylic acids is 1. The zero-order chi connectivity index (χ0) is 17.4. The van der Waals surface area contributed by atoms with Crippen LogP contribution in [0.25, 0.3) is 0 Å². The highest BCUT2D eigenvalue weighted by atomic mass is 16.5. The maximum absolute atomic E-state index is 11.8. The van der Waals surface area contributed by atoms with Gasteiger partial charge in [-0.3, -0.25) is 4.79 Å². The van der Waals surface area contributed by atoms with Gasteiger partial charge in [0.15, 0.2) is 6.61 Å². The van der Waals surface area contributed by atoms with Gasteiger partial charge in [0.2, 0.25) is 0 Å². The van der Waals surface area contributed by atoms with Gasteiger partial charge in [0, 0.05) is 12.6 Å². The highest BCUT2D eigenvalue weighted by molar-refractivity contribution is 5.91. The first-order valence-corrected chi connectivity index (χ1v) is 7.45. The smallest absolute Gasteiger partial charge is 0.339 e. The van der Waals surface area contributed by atoms with Crippen LogP contribution >= 0.6 is 0 Å². The van der Waals surface area contributed by atoms with E-state index < -0.39 is 5.97 Å². The Kier molecular flexibility index (Phi) is 6.19. The number of ether oxygens (including phenoxy) is 2. The van der Waals surface area contributed by atoms with Gasteiger partial charge in [0.25, 0.3) is 5.91 Å². The molecule has 0 saturated heterocycles. The second kappa shape index (κ2) is 8.57. The van der Waals surface area contributed by atoms with Crippen molar-refractivity contribution in [2.75, 3.05) is 20.3 Å². The Balaban J connectivity index is 1.86. The Morgan fingerprint density at radius 1 is 1.12 bits per heavy atom. The molecule has 126 valence electrons. The summed E-state index contributed by atoms with van der Waals surface area (Å²) in [5, 5.41) is 11.9. The fourth-order valence-electron chi connectivity index (χ4n) is 2.11. The molecule has 24 heavy (non-hydrogen) atoms. The Morgan fingerprint density at radius 3 is 2.54 bits per heavy atom. The number of hydrogen-bond acceptors (Lipinski definition) is 4. The van der Waals surface area contributed by atoms with E-state index in [1.54, 1.807) is 0 Å². The minimum absolute atomic E-state index is 0.0205. The number of rotatable bonds is 8.